The number of piperidine rings is 1. The molecule has 0 aromatic heterocycles. The maximum Gasteiger partial charge on any atom is 0.374 e. The number of ether oxygens (including phenoxy) is 1. The largest absolute Gasteiger partial charge is 0.463 e. The third-order valence-corrected chi connectivity index (χ3v) is 2.10. The minimum Gasteiger partial charge on any atom is -0.463 e. The summed E-state index contributed by atoms with van der Waals surface area (Å²) in [5.41, 5.74) is 0. The fourth-order valence-corrected chi connectivity index (χ4v) is 1.35. The summed E-state index contributed by atoms with van der Waals surface area (Å²) in [6, 6.07) is 0. The van der Waals surface area contributed by atoms with Gasteiger partial charge in [-0.05, 0) is 25.9 Å². The number of ketones is 1. The third kappa shape index (κ3) is 2.04. The van der Waals surface area contributed by atoms with Gasteiger partial charge in [-0.3, -0.25) is 4.79 Å². The van der Waals surface area contributed by atoms with Crippen molar-refractivity contribution in [2.45, 2.75) is 12.8 Å². The van der Waals surface area contributed by atoms with E-state index in [2.05, 4.69) is 10.1 Å². The Hall–Kier alpha value is -0.900. The normalized spacial score (nSPS) is 18.8. The van der Waals surface area contributed by atoms with Crippen molar-refractivity contribution in [1.29, 1.82) is 0 Å². The van der Waals surface area contributed by atoms with Crippen molar-refractivity contribution in [1.82, 2.24) is 5.32 Å². The Balaban J connectivity index is 2.45. The van der Waals surface area contributed by atoms with Crippen LogP contribution in [0.25, 0.3) is 0 Å². The highest BCUT2D eigenvalue weighted by molar-refractivity contribution is 6.34. The van der Waals surface area contributed by atoms with E-state index in [1.807, 2.05) is 0 Å². The van der Waals surface area contributed by atoms with E-state index in [1.54, 1.807) is 0 Å². The molecule has 1 N–H and O–H groups in total. The van der Waals surface area contributed by atoms with E-state index in [-0.39, 0.29) is 11.7 Å². The molecule has 0 unspecified atom stereocenters. The second-order valence-electron chi connectivity index (χ2n) is 2.88. The van der Waals surface area contributed by atoms with Gasteiger partial charge in [0.25, 0.3) is 0 Å². The Morgan fingerprint density at radius 3 is 2.42 bits per heavy atom. The molecule has 0 aliphatic carbocycles. The molecule has 0 spiro atoms. The van der Waals surface area contributed by atoms with Gasteiger partial charge in [0, 0.05) is 5.92 Å². The SMILES string of the molecule is COC(=O)C(=O)C1CCNCC1. The van der Waals surface area contributed by atoms with E-state index < -0.39 is 5.97 Å². The van der Waals surface area contributed by atoms with Crippen molar-refractivity contribution >= 4 is 11.8 Å². The van der Waals surface area contributed by atoms with Gasteiger partial charge in [0.05, 0.1) is 7.11 Å². The van der Waals surface area contributed by atoms with E-state index in [1.165, 1.54) is 7.11 Å². The molecule has 12 heavy (non-hydrogen) atoms. The highest BCUT2D eigenvalue weighted by atomic mass is 16.5. The number of nitrogens with one attached hydrogen (secondary N) is 1. The van der Waals surface area contributed by atoms with Gasteiger partial charge in [0.15, 0.2) is 0 Å². The van der Waals surface area contributed by atoms with Crippen LogP contribution in [0.5, 0.6) is 0 Å². The molecular weight excluding hydrogens is 158 g/mol. The first-order valence-electron chi connectivity index (χ1n) is 4.08. The molecule has 0 amide bonds. The lowest BCUT2D eigenvalue weighted by Gasteiger charge is -2.19. The van der Waals surface area contributed by atoms with Crippen LogP contribution in [-0.4, -0.2) is 32.0 Å². The van der Waals surface area contributed by atoms with Gasteiger partial charge in [-0.25, -0.2) is 4.79 Å². The van der Waals surface area contributed by atoms with Crippen molar-refractivity contribution in [2.75, 3.05) is 20.2 Å². The molecule has 0 bridgehead atoms. The number of rotatable bonds is 2. The van der Waals surface area contributed by atoms with Gasteiger partial charge in [-0.1, -0.05) is 0 Å². The van der Waals surface area contributed by atoms with E-state index in [4.69, 9.17) is 0 Å². The molecular formula is C8H13NO3. The fourth-order valence-electron chi connectivity index (χ4n) is 1.35. The third-order valence-electron chi connectivity index (χ3n) is 2.10. The topological polar surface area (TPSA) is 55.4 Å². The minimum atomic E-state index is -0.707. The number of hydrogen-bond acceptors (Lipinski definition) is 4. The molecule has 0 atom stereocenters. The van der Waals surface area contributed by atoms with Crippen LogP contribution in [0.2, 0.25) is 0 Å². The molecule has 4 heteroatoms. The highest BCUT2D eigenvalue weighted by Gasteiger charge is 2.26. The average Bonchev–Trinajstić information content (AvgIpc) is 2.17. The molecule has 1 fully saturated rings. The number of carbonyl (C=O) groups excluding carboxylic acids is 2. The molecule has 1 heterocycles. The van der Waals surface area contributed by atoms with Crippen molar-refractivity contribution in [2.24, 2.45) is 5.92 Å². The van der Waals surface area contributed by atoms with E-state index in [9.17, 15) is 9.59 Å². The van der Waals surface area contributed by atoms with Gasteiger partial charge in [0.1, 0.15) is 0 Å². The monoisotopic (exact) mass is 171 g/mol. The highest BCUT2D eigenvalue weighted by Crippen LogP contribution is 2.12. The van der Waals surface area contributed by atoms with Crippen LogP contribution in [0.15, 0.2) is 0 Å². The summed E-state index contributed by atoms with van der Waals surface area (Å²) in [6.07, 6.45) is 1.49. The molecule has 68 valence electrons. The van der Waals surface area contributed by atoms with Crippen LogP contribution < -0.4 is 5.32 Å². The summed E-state index contributed by atoms with van der Waals surface area (Å²) >= 11 is 0. The van der Waals surface area contributed by atoms with Gasteiger partial charge in [-0.15, -0.1) is 0 Å². The molecule has 4 nitrogen and oxygen atoms in total. The first-order chi connectivity index (χ1) is 5.75. The smallest absolute Gasteiger partial charge is 0.374 e. The van der Waals surface area contributed by atoms with Gasteiger partial charge in [0.2, 0.25) is 5.78 Å². The zero-order valence-corrected chi connectivity index (χ0v) is 7.13. The summed E-state index contributed by atoms with van der Waals surface area (Å²) in [6.45, 7) is 1.63. The lowest BCUT2D eigenvalue weighted by Crippen LogP contribution is -2.35. The first kappa shape index (κ1) is 9.19. The Morgan fingerprint density at radius 1 is 1.33 bits per heavy atom. The van der Waals surface area contributed by atoms with Gasteiger partial charge >= 0.3 is 5.97 Å². The second kappa shape index (κ2) is 4.21. The molecule has 1 rings (SSSR count). The van der Waals surface area contributed by atoms with Crippen molar-refractivity contribution in [3.05, 3.63) is 0 Å². The lowest BCUT2D eigenvalue weighted by atomic mass is 9.94. The van der Waals surface area contributed by atoms with E-state index in [0.29, 0.717) is 0 Å². The van der Waals surface area contributed by atoms with Gasteiger partial charge < -0.3 is 10.1 Å². The van der Waals surface area contributed by atoms with Crippen molar-refractivity contribution in [3.8, 4) is 0 Å². The Labute approximate surface area is 71.3 Å². The van der Waals surface area contributed by atoms with Crippen LogP contribution in [-0.2, 0) is 14.3 Å². The van der Waals surface area contributed by atoms with E-state index >= 15 is 0 Å². The molecule has 1 aliphatic rings. The van der Waals surface area contributed by atoms with Crippen LogP contribution in [0.1, 0.15) is 12.8 Å². The molecule has 0 radical (unpaired) electrons. The molecule has 0 saturated carbocycles. The molecule has 1 saturated heterocycles. The fraction of sp³-hybridized carbons (Fsp3) is 0.750. The maximum absolute atomic E-state index is 11.2. The summed E-state index contributed by atoms with van der Waals surface area (Å²) in [7, 11) is 1.24. The van der Waals surface area contributed by atoms with Crippen molar-refractivity contribution < 1.29 is 14.3 Å². The Morgan fingerprint density at radius 2 is 1.92 bits per heavy atom. The summed E-state index contributed by atoms with van der Waals surface area (Å²) in [5.74, 6) is -1.21. The maximum atomic E-state index is 11.2. The van der Waals surface area contributed by atoms with Crippen LogP contribution in [0.3, 0.4) is 0 Å². The van der Waals surface area contributed by atoms with Crippen LogP contribution in [0.4, 0.5) is 0 Å². The number of carbonyl (C=O) groups is 2. The number of hydrogen-bond donors (Lipinski definition) is 1. The zero-order valence-electron chi connectivity index (χ0n) is 7.13. The first-order valence-corrected chi connectivity index (χ1v) is 4.08. The Kier molecular flexibility index (Phi) is 3.22. The zero-order chi connectivity index (χ0) is 8.97. The minimum absolute atomic E-state index is 0.126. The predicted octanol–water partition coefficient (Wildman–Crippen LogP) is -0.272. The Bertz CT molecular complexity index is 185. The second-order valence-corrected chi connectivity index (χ2v) is 2.88. The molecule has 0 aromatic carbocycles. The van der Waals surface area contributed by atoms with Crippen molar-refractivity contribution in [3.63, 3.8) is 0 Å². The molecule has 1 aliphatic heterocycles. The standard InChI is InChI=1S/C8H13NO3/c1-12-8(11)7(10)6-2-4-9-5-3-6/h6,9H,2-5H2,1H3. The van der Waals surface area contributed by atoms with Gasteiger partial charge in [-0.2, -0.15) is 0 Å². The number of esters is 1. The predicted molar refractivity (Wildman–Crippen MR) is 42.6 cm³/mol. The quantitative estimate of drug-likeness (QED) is 0.459. The lowest BCUT2D eigenvalue weighted by molar-refractivity contribution is -0.153. The van der Waals surface area contributed by atoms with Crippen LogP contribution >= 0.6 is 0 Å². The van der Waals surface area contributed by atoms with Crippen LogP contribution in [0, 0.1) is 5.92 Å². The molecule has 0 aromatic rings. The van der Waals surface area contributed by atoms with E-state index in [0.717, 1.165) is 25.9 Å². The summed E-state index contributed by atoms with van der Waals surface area (Å²) in [5, 5.41) is 3.12. The summed E-state index contributed by atoms with van der Waals surface area (Å²) < 4.78 is 4.36. The summed E-state index contributed by atoms with van der Waals surface area (Å²) in [4.78, 5) is 22.0. The number of Topliss-reactive ketones (excluding diaryl/α,β-unsaturated/α-hetero) is 1. The number of methoxy groups -OCH3 is 1. The average molecular weight is 171 g/mol.